The van der Waals surface area contributed by atoms with Crippen LogP contribution in [-0.4, -0.2) is 41.3 Å². The van der Waals surface area contributed by atoms with Gasteiger partial charge in [-0.2, -0.15) is 5.10 Å². The number of carbonyl (C=O) groups is 2. The van der Waals surface area contributed by atoms with Gasteiger partial charge in [-0.1, -0.05) is 37.3 Å². The summed E-state index contributed by atoms with van der Waals surface area (Å²) in [5.41, 5.74) is 3.94. The van der Waals surface area contributed by atoms with E-state index in [1.165, 1.54) is 22.7 Å². The molecule has 2 atom stereocenters. The molecule has 3 aromatic carbocycles. The summed E-state index contributed by atoms with van der Waals surface area (Å²) in [5.74, 6) is -2.17. The average molecular weight is 535 g/mol. The summed E-state index contributed by atoms with van der Waals surface area (Å²) in [6.07, 6.45) is 0.0612. The van der Waals surface area contributed by atoms with Crippen molar-refractivity contribution in [3.05, 3.63) is 101 Å². The van der Waals surface area contributed by atoms with E-state index in [9.17, 15) is 23.5 Å². The number of nitrogens with zero attached hydrogens (tertiary/aromatic N) is 2. The van der Waals surface area contributed by atoms with Crippen molar-refractivity contribution in [2.75, 3.05) is 11.6 Å². The number of rotatable bonds is 11. The first-order chi connectivity index (χ1) is 18.7. The molecule has 204 valence electrons. The van der Waals surface area contributed by atoms with E-state index in [1.54, 1.807) is 31.2 Å². The molecule has 4 rings (SSSR count). The van der Waals surface area contributed by atoms with Gasteiger partial charge in [-0.15, -0.1) is 0 Å². The van der Waals surface area contributed by atoms with Crippen molar-refractivity contribution in [2.24, 2.45) is 5.10 Å². The van der Waals surface area contributed by atoms with Crippen molar-refractivity contribution >= 4 is 23.2 Å². The Morgan fingerprint density at radius 1 is 1.03 bits per heavy atom. The van der Waals surface area contributed by atoms with Gasteiger partial charge in [-0.3, -0.25) is 9.59 Å². The predicted molar refractivity (Wildman–Crippen MR) is 147 cm³/mol. The van der Waals surface area contributed by atoms with Crippen LogP contribution in [0.15, 0.2) is 71.8 Å². The van der Waals surface area contributed by atoms with Gasteiger partial charge >= 0.3 is 0 Å². The molecule has 2 amide bonds. The lowest BCUT2D eigenvalue weighted by Crippen LogP contribution is -2.48. The molecule has 9 heteroatoms. The zero-order chi connectivity index (χ0) is 27.9. The third-order valence-corrected chi connectivity index (χ3v) is 6.51. The number of aryl methyl sites for hydroxylation is 1. The van der Waals surface area contributed by atoms with Crippen molar-refractivity contribution in [1.29, 1.82) is 0 Å². The van der Waals surface area contributed by atoms with E-state index >= 15 is 0 Å². The van der Waals surface area contributed by atoms with E-state index in [-0.39, 0.29) is 30.9 Å². The van der Waals surface area contributed by atoms with Crippen LogP contribution < -0.4 is 15.6 Å². The largest absolute Gasteiger partial charge is 0.390 e. The molecule has 1 aliphatic rings. The standard InChI is InChI=1S/C30H32F2N4O3/c1-3-20-6-4-7-21(11-20)17-33-18-28(37)27(14-22-12-24(31)16-25(32)13-22)34-30(39)23-8-5-9-26(15-23)36-29(38)10-19(2)35-36/h4-9,11-13,15-16,27-28,33,37H,3,10,14,17-18H2,1-2H3,(H,34,39)/t27-,28+/m1/s1. The minimum absolute atomic E-state index is 0.00236. The molecule has 0 aromatic heterocycles. The number of hydrogen-bond donors (Lipinski definition) is 3. The molecule has 7 nitrogen and oxygen atoms in total. The summed E-state index contributed by atoms with van der Waals surface area (Å²) >= 11 is 0. The maximum Gasteiger partial charge on any atom is 0.253 e. The summed E-state index contributed by atoms with van der Waals surface area (Å²) in [6, 6.07) is 16.8. The maximum absolute atomic E-state index is 13.9. The second-order valence-corrected chi connectivity index (χ2v) is 9.70. The zero-order valence-electron chi connectivity index (χ0n) is 22.0. The molecule has 0 radical (unpaired) electrons. The number of anilines is 1. The Balaban J connectivity index is 1.49. The van der Waals surface area contributed by atoms with Gasteiger partial charge in [-0.05, 0) is 66.8 Å². The molecule has 0 aliphatic carbocycles. The predicted octanol–water partition coefficient (Wildman–Crippen LogP) is 4.13. The highest BCUT2D eigenvalue weighted by Crippen LogP contribution is 2.22. The summed E-state index contributed by atoms with van der Waals surface area (Å²) in [7, 11) is 0. The van der Waals surface area contributed by atoms with Gasteiger partial charge in [0.15, 0.2) is 0 Å². The topological polar surface area (TPSA) is 94.0 Å². The lowest BCUT2D eigenvalue weighted by Gasteiger charge is -2.25. The maximum atomic E-state index is 13.9. The summed E-state index contributed by atoms with van der Waals surface area (Å²) in [6.45, 7) is 4.47. The second kappa shape index (κ2) is 12.7. The SMILES string of the molecule is CCc1cccc(CNC[C@H](O)[C@@H](Cc2cc(F)cc(F)c2)NC(=O)c2cccc(N3N=C(C)CC3=O)c2)c1. The number of benzene rings is 3. The van der Waals surface area contributed by atoms with E-state index in [2.05, 4.69) is 28.7 Å². The van der Waals surface area contributed by atoms with E-state index < -0.39 is 29.7 Å². The minimum Gasteiger partial charge on any atom is -0.390 e. The van der Waals surface area contributed by atoms with Crippen LogP contribution in [0.2, 0.25) is 0 Å². The first-order valence-electron chi connectivity index (χ1n) is 12.9. The number of amides is 2. The Labute approximate surface area is 226 Å². The lowest BCUT2D eigenvalue weighted by atomic mass is 10.00. The molecule has 0 bridgehead atoms. The Kier molecular flexibility index (Phi) is 9.16. The van der Waals surface area contributed by atoms with Crippen LogP contribution in [-0.2, 0) is 24.2 Å². The summed E-state index contributed by atoms with van der Waals surface area (Å²) < 4.78 is 27.7. The number of hydrazone groups is 1. The second-order valence-electron chi connectivity index (χ2n) is 9.70. The summed E-state index contributed by atoms with van der Waals surface area (Å²) in [4.78, 5) is 25.5. The quantitative estimate of drug-likeness (QED) is 0.345. The molecule has 39 heavy (non-hydrogen) atoms. The number of aliphatic hydroxyl groups is 1. The van der Waals surface area contributed by atoms with E-state index in [1.807, 2.05) is 18.2 Å². The van der Waals surface area contributed by atoms with Crippen molar-refractivity contribution in [2.45, 2.75) is 51.8 Å². The number of halogens is 2. The molecule has 0 spiro atoms. The van der Waals surface area contributed by atoms with Crippen molar-refractivity contribution < 1.29 is 23.5 Å². The Bertz CT molecular complexity index is 1360. The average Bonchev–Trinajstić information content (AvgIpc) is 3.25. The van der Waals surface area contributed by atoms with Gasteiger partial charge in [0.1, 0.15) is 11.6 Å². The molecule has 1 aliphatic heterocycles. The zero-order valence-corrected chi connectivity index (χ0v) is 22.0. The molecular formula is C30H32F2N4O3. The highest BCUT2D eigenvalue weighted by Gasteiger charge is 2.25. The molecule has 0 unspecified atom stereocenters. The van der Waals surface area contributed by atoms with E-state index in [0.717, 1.165) is 18.1 Å². The fourth-order valence-corrected chi connectivity index (χ4v) is 4.52. The van der Waals surface area contributed by atoms with E-state index in [0.29, 0.717) is 23.5 Å². The lowest BCUT2D eigenvalue weighted by molar-refractivity contribution is -0.116. The molecule has 0 saturated heterocycles. The van der Waals surface area contributed by atoms with Gasteiger partial charge in [0.05, 0.1) is 24.3 Å². The highest BCUT2D eigenvalue weighted by molar-refractivity contribution is 6.12. The van der Waals surface area contributed by atoms with Crippen molar-refractivity contribution in [1.82, 2.24) is 10.6 Å². The van der Waals surface area contributed by atoms with Crippen LogP contribution >= 0.6 is 0 Å². The van der Waals surface area contributed by atoms with Crippen molar-refractivity contribution in [3.8, 4) is 0 Å². The molecule has 3 N–H and O–H groups in total. The van der Waals surface area contributed by atoms with Crippen LogP contribution in [0.3, 0.4) is 0 Å². The molecule has 1 heterocycles. The Hall–Kier alpha value is -3.95. The van der Waals surface area contributed by atoms with Gasteiger partial charge < -0.3 is 15.7 Å². The summed E-state index contributed by atoms with van der Waals surface area (Å²) in [5, 5.41) is 22.5. The van der Waals surface area contributed by atoms with Gasteiger partial charge in [-0.25, -0.2) is 13.8 Å². The monoisotopic (exact) mass is 534 g/mol. The number of nitrogens with one attached hydrogen (secondary N) is 2. The van der Waals surface area contributed by atoms with Crippen LogP contribution in [0.5, 0.6) is 0 Å². The fourth-order valence-electron chi connectivity index (χ4n) is 4.52. The van der Waals surface area contributed by atoms with Crippen LogP contribution in [0.1, 0.15) is 47.3 Å². The first-order valence-corrected chi connectivity index (χ1v) is 12.9. The normalized spacial score (nSPS) is 14.7. The third kappa shape index (κ3) is 7.55. The number of carbonyl (C=O) groups excluding carboxylic acids is 2. The minimum atomic E-state index is -1.06. The van der Waals surface area contributed by atoms with Crippen molar-refractivity contribution in [3.63, 3.8) is 0 Å². The third-order valence-electron chi connectivity index (χ3n) is 6.51. The van der Waals surface area contributed by atoms with Crippen LogP contribution in [0.25, 0.3) is 0 Å². The molecule has 0 fully saturated rings. The Morgan fingerprint density at radius 2 is 1.74 bits per heavy atom. The molecular weight excluding hydrogens is 502 g/mol. The first kappa shape index (κ1) is 28.1. The fraction of sp³-hybridized carbons (Fsp3) is 0.300. The van der Waals surface area contributed by atoms with Gasteiger partial charge in [0, 0.05) is 30.4 Å². The molecule has 3 aromatic rings. The number of aliphatic hydroxyl groups excluding tert-OH is 1. The smallest absolute Gasteiger partial charge is 0.253 e. The van der Waals surface area contributed by atoms with Crippen LogP contribution in [0.4, 0.5) is 14.5 Å². The van der Waals surface area contributed by atoms with Crippen LogP contribution in [0, 0.1) is 11.6 Å². The molecule has 0 saturated carbocycles. The van der Waals surface area contributed by atoms with Gasteiger partial charge in [0.2, 0.25) is 0 Å². The van der Waals surface area contributed by atoms with E-state index in [4.69, 9.17) is 0 Å². The van der Waals surface area contributed by atoms with Gasteiger partial charge in [0.25, 0.3) is 11.8 Å². The number of hydrogen-bond acceptors (Lipinski definition) is 5. The highest BCUT2D eigenvalue weighted by atomic mass is 19.1. The Morgan fingerprint density at radius 3 is 2.44 bits per heavy atom.